The highest BCUT2D eigenvalue weighted by Gasteiger charge is 2.11. The van der Waals surface area contributed by atoms with Crippen molar-refractivity contribution in [3.05, 3.63) is 69.8 Å². The summed E-state index contributed by atoms with van der Waals surface area (Å²) in [4.78, 5) is 12.1. The Labute approximate surface area is 155 Å². The van der Waals surface area contributed by atoms with E-state index in [1.54, 1.807) is 36.4 Å². The van der Waals surface area contributed by atoms with E-state index >= 15 is 0 Å². The molecule has 1 amide bonds. The maximum absolute atomic E-state index is 12.1. The van der Waals surface area contributed by atoms with E-state index in [9.17, 15) is 9.90 Å². The number of anilines is 1. The molecule has 0 aliphatic heterocycles. The van der Waals surface area contributed by atoms with E-state index in [0.717, 1.165) is 5.56 Å². The molecule has 0 saturated heterocycles. The number of hydrogen-bond acceptors (Lipinski definition) is 4. The number of halogens is 2. The monoisotopic (exact) mass is 375 g/mol. The zero-order chi connectivity index (χ0) is 18.2. The van der Waals surface area contributed by atoms with Crippen molar-refractivity contribution in [3.63, 3.8) is 0 Å². The lowest BCUT2D eigenvalue weighted by molar-refractivity contribution is -0.112. The standard InChI is InChI=1S/C18H15Cl2N3O2/c19-14-3-6-17(16(20)9-14)23-18(25)13(10-21)11-22-8-7-12-1-4-15(24)5-2-12/h1-6,9,11,22,24H,7-8H2,(H,23,25)/b13-11-. The van der Waals surface area contributed by atoms with Gasteiger partial charge in [-0.15, -0.1) is 0 Å². The van der Waals surface area contributed by atoms with Crippen molar-refractivity contribution in [1.82, 2.24) is 5.32 Å². The van der Waals surface area contributed by atoms with Gasteiger partial charge in [0.1, 0.15) is 17.4 Å². The van der Waals surface area contributed by atoms with Crippen LogP contribution in [-0.4, -0.2) is 17.6 Å². The van der Waals surface area contributed by atoms with Crippen LogP contribution in [0.1, 0.15) is 5.56 Å². The van der Waals surface area contributed by atoms with Gasteiger partial charge >= 0.3 is 0 Å². The lowest BCUT2D eigenvalue weighted by Gasteiger charge is -2.07. The summed E-state index contributed by atoms with van der Waals surface area (Å²) < 4.78 is 0. The number of phenols is 1. The second kappa shape index (κ2) is 8.97. The lowest BCUT2D eigenvalue weighted by atomic mass is 10.1. The fraction of sp³-hybridized carbons (Fsp3) is 0.111. The van der Waals surface area contributed by atoms with E-state index in [4.69, 9.17) is 28.5 Å². The average Bonchev–Trinajstić information content (AvgIpc) is 2.59. The normalized spacial score (nSPS) is 10.8. The van der Waals surface area contributed by atoms with Crippen LogP contribution in [0.2, 0.25) is 10.0 Å². The van der Waals surface area contributed by atoms with Gasteiger partial charge in [0.25, 0.3) is 5.91 Å². The van der Waals surface area contributed by atoms with Crippen molar-refractivity contribution >= 4 is 34.8 Å². The Morgan fingerprint density at radius 1 is 1.20 bits per heavy atom. The Bertz CT molecular complexity index is 827. The van der Waals surface area contributed by atoms with Gasteiger partial charge in [-0.05, 0) is 42.3 Å². The number of rotatable bonds is 6. The van der Waals surface area contributed by atoms with Gasteiger partial charge in [0.15, 0.2) is 0 Å². The van der Waals surface area contributed by atoms with Crippen LogP contribution in [0.15, 0.2) is 54.2 Å². The van der Waals surface area contributed by atoms with Crippen LogP contribution in [0.25, 0.3) is 0 Å². The summed E-state index contributed by atoms with van der Waals surface area (Å²) in [6.45, 7) is 0.533. The number of nitrogens with zero attached hydrogens (tertiary/aromatic N) is 1. The van der Waals surface area contributed by atoms with Crippen molar-refractivity contribution in [2.45, 2.75) is 6.42 Å². The molecule has 7 heteroatoms. The number of carbonyl (C=O) groups is 1. The van der Waals surface area contributed by atoms with Crippen LogP contribution < -0.4 is 10.6 Å². The van der Waals surface area contributed by atoms with Gasteiger partial charge in [0.05, 0.1) is 10.7 Å². The summed E-state index contributed by atoms with van der Waals surface area (Å²) >= 11 is 11.8. The third-order valence-electron chi connectivity index (χ3n) is 3.29. The molecule has 2 aromatic carbocycles. The van der Waals surface area contributed by atoms with Gasteiger partial charge in [-0.3, -0.25) is 4.79 Å². The summed E-state index contributed by atoms with van der Waals surface area (Å²) in [6.07, 6.45) is 2.04. The molecule has 5 nitrogen and oxygen atoms in total. The fourth-order valence-electron chi connectivity index (χ4n) is 1.98. The average molecular weight is 376 g/mol. The molecule has 0 aliphatic rings. The molecule has 128 valence electrons. The van der Waals surface area contributed by atoms with E-state index < -0.39 is 5.91 Å². The summed E-state index contributed by atoms with van der Waals surface area (Å²) in [5.74, 6) is -0.357. The summed E-state index contributed by atoms with van der Waals surface area (Å²) in [7, 11) is 0. The van der Waals surface area contributed by atoms with Crippen LogP contribution >= 0.6 is 23.2 Å². The van der Waals surface area contributed by atoms with Gasteiger partial charge in [-0.25, -0.2) is 0 Å². The molecule has 0 bridgehead atoms. The number of benzene rings is 2. The zero-order valence-electron chi connectivity index (χ0n) is 13.1. The summed E-state index contributed by atoms with van der Waals surface area (Å²) in [6, 6.07) is 13.3. The molecule has 0 saturated carbocycles. The largest absolute Gasteiger partial charge is 0.508 e. The minimum Gasteiger partial charge on any atom is -0.508 e. The van der Waals surface area contributed by atoms with Crippen LogP contribution in [0.4, 0.5) is 5.69 Å². The Hall–Kier alpha value is -2.68. The molecule has 0 heterocycles. The van der Waals surface area contributed by atoms with E-state index in [1.807, 2.05) is 6.07 Å². The second-order valence-corrected chi connectivity index (χ2v) is 5.96. The van der Waals surface area contributed by atoms with Crippen LogP contribution in [0, 0.1) is 11.3 Å². The Morgan fingerprint density at radius 2 is 1.92 bits per heavy atom. The highest BCUT2D eigenvalue weighted by atomic mass is 35.5. The highest BCUT2D eigenvalue weighted by Crippen LogP contribution is 2.25. The summed E-state index contributed by atoms with van der Waals surface area (Å²) in [5, 5.41) is 24.6. The molecule has 0 atom stereocenters. The van der Waals surface area contributed by atoms with Crippen molar-refractivity contribution in [2.24, 2.45) is 0 Å². The second-order valence-electron chi connectivity index (χ2n) is 5.12. The zero-order valence-corrected chi connectivity index (χ0v) is 14.6. The van der Waals surface area contributed by atoms with E-state index in [-0.39, 0.29) is 11.3 Å². The number of carbonyl (C=O) groups excluding carboxylic acids is 1. The van der Waals surface area contributed by atoms with Gasteiger partial charge in [-0.2, -0.15) is 5.26 Å². The Kier molecular flexibility index (Phi) is 6.70. The van der Waals surface area contributed by atoms with Gasteiger partial charge in [0, 0.05) is 17.8 Å². The number of nitrogens with one attached hydrogen (secondary N) is 2. The Morgan fingerprint density at radius 3 is 2.56 bits per heavy atom. The van der Waals surface area contributed by atoms with E-state index in [1.165, 1.54) is 12.3 Å². The van der Waals surface area contributed by atoms with Crippen molar-refractivity contribution in [3.8, 4) is 11.8 Å². The number of phenolic OH excluding ortho intramolecular Hbond substituents is 1. The minimum atomic E-state index is -0.566. The first-order valence-corrected chi connectivity index (χ1v) is 8.13. The minimum absolute atomic E-state index is 0.0725. The van der Waals surface area contributed by atoms with Crippen LogP contribution in [-0.2, 0) is 11.2 Å². The molecular weight excluding hydrogens is 361 g/mol. The van der Waals surface area contributed by atoms with Gasteiger partial charge < -0.3 is 15.7 Å². The third kappa shape index (κ3) is 5.71. The highest BCUT2D eigenvalue weighted by molar-refractivity contribution is 6.36. The molecule has 3 N–H and O–H groups in total. The maximum atomic E-state index is 12.1. The number of hydrogen-bond donors (Lipinski definition) is 3. The van der Waals surface area contributed by atoms with Crippen LogP contribution in [0.3, 0.4) is 0 Å². The molecule has 0 aliphatic carbocycles. The summed E-state index contributed by atoms with van der Waals surface area (Å²) in [5.41, 5.74) is 1.33. The predicted octanol–water partition coefficient (Wildman–Crippen LogP) is 3.88. The topological polar surface area (TPSA) is 85.2 Å². The van der Waals surface area contributed by atoms with Crippen molar-refractivity contribution in [2.75, 3.05) is 11.9 Å². The molecule has 0 unspecified atom stereocenters. The van der Waals surface area contributed by atoms with E-state index in [2.05, 4.69) is 10.6 Å². The molecule has 2 aromatic rings. The van der Waals surface area contributed by atoms with Gasteiger partial charge in [-0.1, -0.05) is 35.3 Å². The van der Waals surface area contributed by atoms with Crippen molar-refractivity contribution < 1.29 is 9.90 Å². The molecule has 0 spiro atoms. The van der Waals surface area contributed by atoms with Gasteiger partial charge in [0.2, 0.25) is 0 Å². The van der Waals surface area contributed by atoms with Crippen LogP contribution in [0.5, 0.6) is 5.75 Å². The molecule has 0 aromatic heterocycles. The fourth-order valence-corrected chi connectivity index (χ4v) is 2.44. The maximum Gasteiger partial charge on any atom is 0.267 e. The quantitative estimate of drug-likeness (QED) is 0.406. The lowest BCUT2D eigenvalue weighted by Crippen LogP contribution is -2.18. The SMILES string of the molecule is N#C/C(=C/NCCc1ccc(O)cc1)C(=O)Nc1ccc(Cl)cc1Cl. The smallest absolute Gasteiger partial charge is 0.267 e. The third-order valence-corrected chi connectivity index (χ3v) is 3.83. The Balaban J connectivity index is 1.91. The van der Waals surface area contributed by atoms with Crippen molar-refractivity contribution in [1.29, 1.82) is 5.26 Å². The molecule has 2 rings (SSSR count). The number of amides is 1. The first-order valence-electron chi connectivity index (χ1n) is 7.37. The molecule has 25 heavy (non-hydrogen) atoms. The first-order chi connectivity index (χ1) is 12.0. The number of aromatic hydroxyl groups is 1. The number of nitriles is 1. The molecule has 0 radical (unpaired) electrons. The molecule has 0 fully saturated rings. The van der Waals surface area contributed by atoms with E-state index in [0.29, 0.717) is 28.7 Å². The first kappa shape index (κ1) is 18.7. The predicted molar refractivity (Wildman–Crippen MR) is 98.6 cm³/mol. The molecular formula is C18H15Cl2N3O2.